The standard InChI is InChI=1S/C53H88O5/c1-3-5-7-9-11-13-14-15-16-17-18-19-20-21-22-23-24-25-26-27-28-29-30-31-32-33-34-35-36-37-38-40-42-44-46-48-53(56)58-51(49-54)50-57-52(55)47-45-43-41-39-12-10-8-6-4-2/h5,7,11,13,15-16,18-19,21-22,24-25,27-28,30-31,51,54H,3-4,6,8-10,12,14,17,20,23,26,29,32-50H2,1-2H3/b7-5-,13-11-,16-15-,19-18-,22-21-,25-24-,28-27-,31-30-. The van der Waals surface area contributed by atoms with Crippen molar-refractivity contribution in [2.45, 2.75) is 213 Å². The lowest BCUT2D eigenvalue weighted by Crippen LogP contribution is -2.28. The predicted molar refractivity (Wildman–Crippen MR) is 251 cm³/mol. The summed E-state index contributed by atoms with van der Waals surface area (Å²) in [4.78, 5) is 24.2. The molecule has 0 bridgehead atoms. The number of unbranched alkanes of at least 4 members (excludes halogenated alkanes) is 18. The molecule has 0 aromatic carbocycles. The van der Waals surface area contributed by atoms with E-state index in [0.29, 0.717) is 12.8 Å². The molecular formula is C53H88O5. The van der Waals surface area contributed by atoms with Gasteiger partial charge in [-0.3, -0.25) is 9.59 Å². The molecule has 58 heavy (non-hydrogen) atoms. The topological polar surface area (TPSA) is 72.8 Å². The first-order chi connectivity index (χ1) is 28.6. The van der Waals surface area contributed by atoms with Crippen molar-refractivity contribution in [2.75, 3.05) is 13.2 Å². The van der Waals surface area contributed by atoms with Gasteiger partial charge >= 0.3 is 11.9 Å². The molecular weight excluding hydrogens is 717 g/mol. The van der Waals surface area contributed by atoms with E-state index in [4.69, 9.17) is 9.47 Å². The molecule has 1 unspecified atom stereocenters. The molecule has 5 nitrogen and oxygen atoms in total. The number of carbonyl (C=O) groups is 2. The number of allylic oxidation sites excluding steroid dienone is 16. The summed E-state index contributed by atoms with van der Waals surface area (Å²) >= 11 is 0. The van der Waals surface area contributed by atoms with Crippen LogP contribution in [0.25, 0.3) is 0 Å². The van der Waals surface area contributed by atoms with Crippen molar-refractivity contribution in [1.29, 1.82) is 0 Å². The highest BCUT2D eigenvalue weighted by Gasteiger charge is 2.16. The minimum Gasteiger partial charge on any atom is -0.462 e. The number of rotatable bonds is 42. The summed E-state index contributed by atoms with van der Waals surface area (Å²) in [6, 6.07) is 0. The van der Waals surface area contributed by atoms with E-state index in [1.54, 1.807) is 0 Å². The Morgan fingerprint density at radius 3 is 1.12 bits per heavy atom. The number of aliphatic hydroxyl groups is 1. The monoisotopic (exact) mass is 805 g/mol. The van der Waals surface area contributed by atoms with Crippen molar-refractivity contribution in [3.05, 3.63) is 97.2 Å². The van der Waals surface area contributed by atoms with Crippen molar-refractivity contribution < 1.29 is 24.2 Å². The normalized spacial score (nSPS) is 13.1. The number of esters is 2. The first kappa shape index (κ1) is 54.8. The van der Waals surface area contributed by atoms with E-state index in [1.165, 1.54) is 89.9 Å². The number of hydrogen-bond acceptors (Lipinski definition) is 5. The molecule has 1 N–H and O–H groups in total. The smallest absolute Gasteiger partial charge is 0.306 e. The zero-order valence-corrected chi connectivity index (χ0v) is 37.5. The average molecular weight is 805 g/mol. The van der Waals surface area contributed by atoms with Crippen molar-refractivity contribution in [2.24, 2.45) is 0 Å². The quantitative estimate of drug-likeness (QED) is 0.0378. The van der Waals surface area contributed by atoms with Gasteiger partial charge in [-0.25, -0.2) is 0 Å². The van der Waals surface area contributed by atoms with E-state index in [2.05, 4.69) is 111 Å². The average Bonchev–Trinajstić information content (AvgIpc) is 3.23. The van der Waals surface area contributed by atoms with E-state index in [0.717, 1.165) is 89.9 Å². The Kier molecular flexibility index (Phi) is 45.5. The van der Waals surface area contributed by atoms with Gasteiger partial charge in [-0.05, 0) is 77.0 Å². The highest BCUT2D eigenvalue weighted by molar-refractivity contribution is 5.70. The summed E-state index contributed by atoms with van der Waals surface area (Å²) in [6.45, 7) is 3.99. The second-order valence-corrected chi connectivity index (χ2v) is 15.5. The van der Waals surface area contributed by atoms with Crippen molar-refractivity contribution in [3.63, 3.8) is 0 Å². The fourth-order valence-electron chi connectivity index (χ4n) is 6.33. The summed E-state index contributed by atoms with van der Waals surface area (Å²) in [5.41, 5.74) is 0. The predicted octanol–water partition coefficient (Wildman–Crippen LogP) is 15.6. The molecule has 0 heterocycles. The van der Waals surface area contributed by atoms with Crippen molar-refractivity contribution in [1.82, 2.24) is 0 Å². The lowest BCUT2D eigenvalue weighted by molar-refractivity contribution is -0.161. The van der Waals surface area contributed by atoms with Gasteiger partial charge in [-0.2, -0.15) is 0 Å². The van der Waals surface area contributed by atoms with Crippen LogP contribution in [-0.4, -0.2) is 36.4 Å². The molecule has 0 fully saturated rings. The second-order valence-electron chi connectivity index (χ2n) is 15.5. The van der Waals surface area contributed by atoms with Crippen LogP contribution in [0, 0.1) is 0 Å². The third-order valence-corrected chi connectivity index (χ3v) is 9.89. The highest BCUT2D eigenvalue weighted by Crippen LogP contribution is 2.14. The summed E-state index contributed by atoms with van der Waals surface area (Å²) in [7, 11) is 0. The molecule has 0 radical (unpaired) electrons. The molecule has 0 aliphatic carbocycles. The Bertz CT molecular complexity index is 1140. The first-order valence-electron chi connectivity index (χ1n) is 23.8. The summed E-state index contributed by atoms with van der Waals surface area (Å²) in [6.07, 6.45) is 67.9. The largest absolute Gasteiger partial charge is 0.462 e. The Balaban J connectivity index is 3.56. The van der Waals surface area contributed by atoms with Gasteiger partial charge in [0.25, 0.3) is 0 Å². The summed E-state index contributed by atoms with van der Waals surface area (Å²) < 4.78 is 10.6. The number of carbonyl (C=O) groups excluding carboxylic acids is 2. The molecule has 0 aliphatic rings. The molecule has 330 valence electrons. The van der Waals surface area contributed by atoms with Crippen LogP contribution in [-0.2, 0) is 19.1 Å². The Hall–Kier alpha value is -3.18. The molecule has 0 saturated carbocycles. The van der Waals surface area contributed by atoms with Crippen molar-refractivity contribution >= 4 is 11.9 Å². The van der Waals surface area contributed by atoms with Crippen LogP contribution in [0.4, 0.5) is 0 Å². The summed E-state index contributed by atoms with van der Waals surface area (Å²) in [5.74, 6) is -0.602. The zero-order valence-electron chi connectivity index (χ0n) is 37.5. The molecule has 0 amide bonds. The van der Waals surface area contributed by atoms with Gasteiger partial charge in [0.1, 0.15) is 6.61 Å². The second kappa shape index (κ2) is 48.2. The van der Waals surface area contributed by atoms with Gasteiger partial charge < -0.3 is 14.6 Å². The minimum atomic E-state index is -0.775. The maximum absolute atomic E-state index is 12.2. The molecule has 0 spiro atoms. The van der Waals surface area contributed by atoms with Crippen LogP contribution in [0.3, 0.4) is 0 Å². The molecule has 1 atom stereocenters. The number of aliphatic hydroxyl groups excluding tert-OH is 1. The SMILES string of the molecule is CC/C=C\C/C=C\C/C=C\C/C=C\C/C=C\C/C=C\C/C=C\C/C=C\CCCCCCCCCCCCC(=O)OC(CO)COC(=O)CCCCCCCCCCC. The van der Waals surface area contributed by atoms with Crippen molar-refractivity contribution in [3.8, 4) is 0 Å². The summed E-state index contributed by atoms with van der Waals surface area (Å²) in [5, 5.41) is 9.56. The molecule has 0 rings (SSSR count). The van der Waals surface area contributed by atoms with Gasteiger partial charge in [0.2, 0.25) is 0 Å². The van der Waals surface area contributed by atoms with Crippen LogP contribution >= 0.6 is 0 Å². The van der Waals surface area contributed by atoms with E-state index in [-0.39, 0.29) is 25.2 Å². The maximum atomic E-state index is 12.2. The minimum absolute atomic E-state index is 0.0698. The van der Waals surface area contributed by atoms with Crippen LogP contribution in [0.2, 0.25) is 0 Å². The highest BCUT2D eigenvalue weighted by atomic mass is 16.6. The molecule has 0 aromatic rings. The molecule has 0 saturated heterocycles. The lowest BCUT2D eigenvalue weighted by Gasteiger charge is -2.15. The van der Waals surface area contributed by atoms with E-state index < -0.39 is 6.10 Å². The third kappa shape index (κ3) is 45.5. The fraction of sp³-hybridized carbons (Fsp3) is 0.660. The van der Waals surface area contributed by atoms with Crippen LogP contribution in [0.5, 0.6) is 0 Å². The molecule has 5 heteroatoms. The van der Waals surface area contributed by atoms with Gasteiger partial charge in [0.05, 0.1) is 6.61 Å². The lowest BCUT2D eigenvalue weighted by atomic mass is 10.0. The van der Waals surface area contributed by atoms with E-state index >= 15 is 0 Å². The molecule has 0 aromatic heterocycles. The number of ether oxygens (including phenoxy) is 2. The van der Waals surface area contributed by atoms with Gasteiger partial charge in [0.15, 0.2) is 6.10 Å². The fourth-order valence-corrected chi connectivity index (χ4v) is 6.33. The Morgan fingerprint density at radius 1 is 0.414 bits per heavy atom. The van der Waals surface area contributed by atoms with E-state index in [9.17, 15) is 14.7 Å². The number of hydrogen-bond donors (Lipinski definition) is 1. The van der Waals surface area contributed by atoms with Gasteiger partial charge in [0, 0.05) is 12.8 Å². The van der Waals surface area contributed by atoms with Crippen LogP contribution in [0.1, 0.15) is 206 Å². The van der Waals surface area contributed by atoms with E-state index in [1.807, 2.05) is 0 Å². The maximum Gasteiger partial charge on any atom is 0.306 e. The third-order valence-electron chi connectivity index (χ3n) is 9.89. The first-order valence-corrected chi connectivity index (χ1v) is 23.8. The Morgan fingerprint density at radius 2 is 0.741 bits per heavy atom. The van der Waals surface area contributed by atoms with Crippen LogP contribution < -0.4 is 0 Å². The zero-order chi connectivity index (χ0) is 42.1. The van der Waals surface area contributed by atoms with Crippen LogP contribution in [0.15, 0.2) is 97.2 Å². The van der Waals surface area contributed by atoms with Gasteiger partial charge in [-0.15, -0.1) is 0 Å². The Labute approximate surface area is 358 Å². The van der Waals surface area contributed by atoms with Gasteiger partial charge in [-0.1, -0.05) is 214 Å². The molecule has 0 aliphatic heterocycles.